The summed E-state index contributed by atoms with van der Waals surface area (Å²) in [7, 11) is 0. The van der Waals surface area contributed by atoms with Gasteiger partial charge in [0.1, 0.15) is 17.3 Å². The van der Waals surface area contributed by atoms with Gasteiger partial charge >= 0.3 is 5.97 Å². The van der Waals surface area contributed by atoms with Crippen LogP contribution in [0.1, 0.15) is 10.4 Å². The zero-order valence-electron chi connectivity index (χ0n) is 8.04. The van der Waals surface area contributed by atoms with E-state index in [-0.39, 0.29) is 16.8 Å². The van der Waals surface area contributed by atoms with Crippen LogP contribution in [0.25, 0.3) is 22.3 Å². The number of benzene rings is 1. The molecule has 0 aliphatic carbocycles. The van der Waals surface area contributed by atoms with Crippen LogP contribution < -0.4 is 0 Å². The van der Waals surface area contributed by atoms with Gasteiger partial charge in [0.05, 0.1) is 11.0 Å². The third-order valence-electron chi connectivity index (χ3n) is 2.31. The highest BCUT2D eigenvalue weighted by molar-refractivity contribution is 6.01. The molecule has 0 aliphatic rings. The van der Waals surface area contributed by atoms with Gasteiger partial charge in [-0.1, -0.05) is 12.1 Å². The summed E-state index contributed by atoms with van der Waals surface area (Å²) in [5.74, 6) is -1.07. The van der Waals surface area contributed by atoms with E-state index in [0.29, 0.717) is 11.0 Å². The summed E-state index contributed by atoms with van der Waals surface area (Å²) in [6.45, 7) is 0. The van der Waals surface area contributed by atoms with Gasteiger partial charge in [-0.05, 0) is 12.1 Å². The van der Waals surface area contributed by atoms with Gasteiger partial charge in [0.15, 0.2) is 0 Å². The largest absolute Gasteiger partial charge is 0.477 e. The minimum Gasteiger partial charge on any atom is -0.477 e. The van der Waals surface area contributed by atoms with Crippen LogP contribution in [0.5, 0.6) is 0 Å². The first kappa shape index (κ1) is 8.84. The highest BCUT2D eigenvalue weighted by atomic mass is 16.4. The fourth-order valence-electron chi connectivity index (χ4n) is 1.56. The highest BCUT2D eigenvalue weighted by Crippen LogP contribution is 2.20. The summed E-state index contributed by atoms with van der Waals surface area (Å²) in [6, 6.07) is 7.23. The number of furan rings is 1. The summed E-state index contributed by atoms with van der Waals surface area (Å²) in [6.07, 6.45) is 1.16. The summed E-state index contributed by atoms with van der Waals surface area (Å²) >= 11 is 0. The number of hydrogen-bond acceptors (Lipinski definition) is 4. The van der Waals surface area contributed by atoms with Gasteiger partial charge in [-0.2, -0.15) is 0 Å². The number of rotatable bonds is 1. The number of nitrogens with zero attached hydrogens (tertiary/aromatic N) is 2. The first-order valence-electron chi connectivity index (χ1n) is 4.63. The second kappa shape index (κ2) is 3.03. The predicted molar refractivity (Wildman–Crippen MR) is 56.3 cm³/mol. The molecule has 2 aromatic heterocycles. The Hall–Kier alpha value is -2.43. The third kappa shape index (κ3) is 1.15. The van der Waals surface area contributed by atoms with Crippen LogP contribution in [0.15, 0.2) is 34.9 Å². The molecule has 3 aromatic rings. The number of carboxylic acids is 1. The number of aromatic carboxylic acids is 1. The van der Waals surface area contributed by atoms with Crippen LogP contribution >= 0.6 is 0 Å². The maximum absolute atomic E-state index is 10.9. The van der Waals surface area contributed by atoms with Crippen molar-refractivity contribution in [3.8, 4) is 0 Å². The van der Waals surface area contributed by atoms with Crippen molar-refractivity contribution in [2.45, 2.75) is 0 Å². The summed E-state index contributed by atoms with van der Waals surface area (Å²) in [5, 5.41) is 8.92. The molecule has 0 aliphatic heterocycles. The van der Waals surface area contributed by atoms with E-state index in [2.05, 4.69) is 9.97 Å². The molecule has 0 bridgehead atoms. The Kier molecular flexibility index (Phi) is 1.67. The van der Waals surface area contributed by atoms with Crippen molar-refractivity contribution in [2.24, 2.45) is 0 Å². The Morgan fingerprint density at radius 3 is 2.56 bits per heavy atom. The van der Waals surface area contributed by atoms with E-state index in [0.717, 1.165) is 6.26 Å². The van der Waals surface area contributed by atoms with Crippen LogP contribution in [0.4, 0.5) is 0 Å². The molecule has 3 rings (SSSR count). The quantitative estimate of drug-likeness (QED) is 0.671. The van der Waals surface area contributed by atoms with Gasteiger partial charge in [0.2, 0.25) is 5.71 Å². The van der Waals surface area contributed by atoms with Gasteiger partial charge < -0.3 is 9.52 Å². The number of carbonyl (C=O) groups is 1. The summed E-state index contributed by atoms with van der Waals surface area (Å²) in [4.78, 5) is 19.3. The maximum Gasteiger partial charge on any atom is 0.341 e. The molecule has 0 atom stereocenters. The van der Waals surface area contributed by atoms with Gasteiger partial charge in [-0.15, -0.1) is 0 Å². The first-order valence-corrected chi connectivity index (χ1v) is 4.63. The van der Waals surface area contributed by atoms with Crippen molar-refractivity contribution >= 4 is 28.2 Å². The van der Waals surface area contributed by atoms with Crippen LogP contribution in [-0.4, -0.2) is 21.0 Å². The number of carboxylic acid groups (broad SMARTS) is 1. The maximum atomic E-state index is 10.9. The minimum atomic E-state index is -1.07. The summed E-state index contributed by atoms with van der Waals surface area (Å²) in [5.41, 5.74) is 1.90. The molecule has 0 radical (unpaired) electrons. The smallest absolute Gasteiger partial charge is 0.341 e. The number of aromatic nitrogens is 2. The van der Waals surface area contributed by atoms with Crippen LogP contribution in [0.2, 0.25) is 0 Å². The zero-order valence-corrected chi connectivity index (χ0v) is 8.04. The van der Waals surface area contributed by atoms with Gasteiger partial charge in [-0.25, -0.2) is 14.8 Å². The number of hydrogen-bond donors (Lipinski definition) is 1. The molecule has 0 saturated carbocycles. The Labute approximate surface area is 89.3 Å². The van der Waals surface area contributed by atoms with Crippen molar-refractivity contribution in [2.75, 3.05) is 0 Å². The molecule has 0 saturated heterocycles. The van der Waals surface area contributed by atoms with E-state index in [1.54, 1.807) is 12.1 Å². The van der Waals surface area contributed by atoms with E-state index < -0.39 is 5.97 Å². The summed E-state index contributed by atoms with van der Waals surface area (Å²) < 4.78 is 5.06. The molecule has 0 amide bonds. The molecule has 5 nitrogen and oxygen atoms in total. The molecule has 0 spiro atoms. The average Bonchev–Trinajstić information content (AvgIpc) is 2.68. The Morgan fingerprint density at radius 1 is 1.19 bits per heavy atom. The van der Waals surface area contributed by atoms with Crippen molar-refractivity contribution in [3.63, 3.8) is 0 Å². The average molecular weight is 214 g/mol. The normalized spacial score (nSPS) is 11.0. The molecule has 1 N–H and O–H groups in total. The van der Waals surface area contributed by atoms with Crippen LogP contribution in [0, 0.1) is 0 Å². The van der Waals surface area contributed by atoms with Crippen LogP contribution in [-0.2, 0) is 0 Å². The number of fused-ring (bicyclic) bond motifs is 2. The van der Waals surface area contributed by atoms with E-state index in [9.17, 15) is 4.79 Å². The lowest BCUT2D eigenvalue weighted by atomic mass is 10.2. The Morgan fingerprint density at radius 2 is 1.88 bits per heavy atom. The fourth-order valence-corrected chi connectivity index (χ4v) is 1.56. The van der Waals surface area contributed by atoms with Gasteiger partial charge in [0, 0.05) is 0 Å². The van der Waals surface area contributed by atoms with Crippen molar-refractivity contribution in [3.05, 3.63) is 36.1 Å². The second-order valence-corrected chi connectivity index (χ2v) is 3.32. The van der Waals surface area contributed by atoms with E-state index in [4.69, 9.17) is 9.52 Å². The van der Waals surface area contributed by atoms with E-state index >= 15 is 0 Å². The standard InChI is InChI=1S/C11H6N2O3/c14-11(15)6-5-16-10-9(6)12-7-3-1-2-4-8(7)13-10/h1-5H,(H,14,15). The van der Waals surface area contributed by atoms with E-state index in [1.807, 2.05) is 12.1 Å². The van der Waals surface area contributed by atoms with Gasteiger partial charge in [0.25, 0.3) is 0 Å². The molecular formula is C11H6N2O3. The van der Waals surface area contributed by atoms with E-state index in [1.165, 1.54) is 0 Å². The minimum absolute atomic E-state index is 0.0354. The predicted octanol–water partition coefficient (Wildman–Crippen LogP) is 2.07. The lowest BCUT2D eigenvalue weighted by Crippen LogP contribution is -1.95. The molecule has 0 unspecified atom stereocenters. The fraction of sp³-hybridized carbons (Fsp3) is 0. The molecule has 2 heterocycles. The SMILES string of the molecule is O=C(O)c1coc2nc3ccccc3nc12. The topological polar surface area (TPSA) is 76.2 Å². The molecule has 78 valence electrons. The highest BCUT2D eigenvalue weighted by Gasteiger charge is 2.15. The van der Waals surface area contributed by atoms with Crippen molar-refractivity contribution in [1.82, 2.24) is 9.97 Å². The second-order valence-electron chi connectivity index (χ2n) is 3.32. The lowest BCUT2D eigenvalue weighted by molar-refractivity contribution is 0.0698. The first-order chi connectivity index (χ1) is 7.75. The van der Waals surface area contributed by atoms with Gasteiger partial charge in [-0.3, -0.25) is 0 Å². The molecule has 16 heavy (non-hydrogen) atoms. The number of para-hydroxylation sites is 2. The van der Waals surface area contributed by atoms with Crippen molar-refractivity contribution < 1.29 is 14.3 Å². The third-order valence-corrected chi connectivity index (χ3v) is 2.31. The molecule has 0 fully saturated rings. The molecule has 1 aromatic carbocycles. The molecule has 5 heteroatoms. The Bertz CT molecular complexity index is 703. The Balaban J connectivity index is 2.45. The van der Waals surface area contributed by atoms with Crippen molar-refractivity contribution in [1.29, 1.82) is 0 Å². The molecular weight excluding hydrogens is 208 g/mol. The monoisotopic (exact) mass is 214 g/mol. The zero-order chi connectivity index (χ0) is 11.1. The lowest BCUT2D eigenvalue weighted by Gasteiger charge is -1.95. The van der Waals surface area contributed by atoms with Crippen LogP contribution in [0.3, 0.4) is 0 Å².